The quantitative estimate of drug-likeness (QED) is 0.743. The lowest BCUT2D eigenvalue weighted by molar-refractivity contribution is -0.139. The number of nitrogens with two attached hydrogens (primary N) is 1. The van der Waals surface area contributed by atoms with Crippen LogP contribution >= 0.6 is 11.8 Å². The smallest absolute Gasteiger partial charge is 0.419 e. The predicted octanol–water partition coefficient (Wildman–Crippen LogP) is 3.73. The van der Waals surface area contributed by atoms with Crippen LogP contribution in [0.5, 0.6) is 5.75 Å². The maximum absolute atomic E-state index is 13.0. The Morgan fingerprint density at radius 1 is 1.30 bits per heavy atom. The van der Waals surface area contributed by atoms with E-state index in [2.05, 4.69) is 0 Å². The highest BCUT2D eigenvalue weighted by atomic mass is 32.2. The van der Waals surface area contributed by atoms with Crippen molar-refractivity contribution in [2.75, 3.05) is 24.7 Å². The molecule has 0 aliphatic carbocycles. The Kier molecular flexibility index (Phi) is 7.23. The summed E-state index contributed by atoms with van der Waals surface area (Å²) < 4.78 is 44.2. The Morgan fingerprint density at radius 3 is 2.65 bits per heavy atom. The third-order valence-electron chi connectivity index (χ3n) is 2.68. The van der Waals surface area contributed by atoms with Gasteiger partial charge >= 0.3 is 6.18 Å². The van der Waals surface area contributed by atoms with Gasteiger partial charge in [0.15, 0.2) is 0 Å². The second kappa shape index (κ2) is 8.42. The van der Waals surface area contributed by atoms with Crippen LogP contribution in [0, 0.1) is 0 Å². The molecule has 0 atom stereocenters. The number of rotatable bonds is 8. The van der Waals surface area contributed by atoms with Gasteiger partial charge in [-0.15, -0.1) is 0 Å². The second-order valence-electron chi connectivity index (χ2n) is 4.27. The monoisotopic (exact) mass is 307 g/mol. The van der Waals surface area contributed by atoms with Gasteiger partial charge in [0.05, 0.1) is 12.2 Å². The topological polar surface area (TPSA) is 35.2 Å². The van der Waals surface area contributed by atoms with E-state index in [9.17, 15) is 13.2 Å². The maximum atomic E-state index is 13.0. The Bertz CT molecular complexity index is 410. The third-order valence-corrected chi connectivity index (χ3v) is 3.66. The second-order valence-corrected chi connectivity index (χ2v) is 5.66. The minimum Gasteiger partial charge on any atom is -0.493 e. The fourth-order valence-electron chi connectivity index (χ4n) is 1.73. The van der Waals surface area contributed by atoms with E-state index in [0.717, 1.165) is 24.0 Å². The minimum atomic E-state index is -4.40. The van der Waals surface area contributed by atoms with Gasteiger partial charge in [-0.25, -0.2) is 0 Å². The zero-order chi connectivity index (χ0) is 15.0. The van der Waals surface area contributed by atoms with Gasteiger partial charge in [0.25, 0.3) is 0 Å². The Labute approximate surface area is 121 Å². The summed E-state index contributed by atoms with van der Waals surface area (Å²) >= 11 is 1.75. The first-order valence-corrected chi connectivity index (χ1v) is 7.75. The minimum absolute atomic E-state index is 0.0974. The van der Waals surface area contributed by atoms with Gasteiger partial charge in [0.2, 0.25) is 0 Å². The molecule has 0 radical (unpaired) electrons. The van der Waals surface area contributed by atoms with Crippen LogP contribution in [0.3, 0.4) is 0 Å². The summed E-state index contributed by atoms with van der Waals surface area (Å²) in [5.74, 6) is 1.80. The molecule has 0 heterocycles. The molecule has 114 valence electrons. The highest BCUT2D eigenvalue weighted by molar-refractivity contribution is 7.99. The molecule has 0 spiro atoms. The number of halogens is 3. The lowest BCUT2D eigenvalue weighted by Gasteiger charge is -2.15. The SMILES string of the molecule is CCSCCCOc1ccc(CCN)cc1C(F)(F)F. The normalized spacial score (nSPS) is 11.7. The Hall–Kier alpha value is -0.880. The molecule has 1 rings (SSSR count). The van der Waals surface area contributed by atoms with E-state index >= 15 is 0 Å². The van der Waals surface area contributed by atoms with Gasteiger partial charge in [0, 0.05) is 0 Å². The first kappa shape index (κ1) is 17.2. The van der Waals surface area contributed by atoms with Crippen LogP contribution in [0.4, 0.5) is 13.2 Å². The van der Waals surface area contributed by atoms with Crippen LogP contribution < -0.4 is 10.5 Å². The number of alkyl halides is 3. The molecular weight excluding hydrogens is 287 g/mol. The van der Waals surface area contributed by atoms with Gasteiger partial charge < -0.3 is 10.5 Å². The van der Waals surface area contributed by atoms with Crippen molar-refractivity contribution in [1.82, 2.24) is 0 Å². The molecule has 0 unspecified atom stereocenters. The van der Waals surface area contributed by atoms with Gasteiger partial charge in [-0.05, 0) is 48.6 Å². The molecule has 6 heteroatoms. The molecule has 0 saturated carbocycles. The van der Waals surface area contributed by atoms with E-state index in [1.165, 1.54) is 6.07 Å². The number of ether oxygens (including phenoxy) is 1. The largest absolute Gasteiger partial charge is 0.493 e. The summed E-state index contributed by atoms with van der Waals surface area (Å²) in [6.45, 7) is 2.67. The fraction of sp³-hybridized carbons (Fsp3) is 0.571. The number of benzene rings is 1. The summed E-state index contributed by atoms with van der Waals surface area (Å²) in [5.41, 5.74) is 5.23. The van der Waals surface area contributed by atoms with Gasteiger partial charge in [-0.3, -0.25) is 0 Å². The zero-order valence-electron chi connectivity index (χ0n) is 11.5. The van der Waals surface area contributed by atoms with Gasteiger partial charge in [-0.2, -0.15) is 24.9 Å². The summed E-state index contributed by atoms with van der Waals surface area (Å²) in [6, 6.07) is 4.15. The predicted molar refractivity (Wildman–Crippen MR) is 77.3 cm³/mol. The van der Waals surface area contributed by atoms with E-state index in [1.54, 1.807) is 17.8 Å². The highest BCUT2D eigenvalue weighted by Crippen LogP contribution is 2.37. The van der Waals surface area contributed by atoms with E-state index < -0.39 is 11.7 Å². The lowest BCUT2D eigenvalue weighted by atomic mass is 10.1. The van der Waals surface area contributed by atoms with Crippen molar-refractivity contribution in [3.8, 4) is 5.75 Å². The molecule has 20 heavy (non-hydrogen) atoms. The molecule has 0 saturated heterocycles. The van der Waals surface area contributed by atoms with Crippen molar-refractivity contribution < 1.29 is 17.9 Å². The first-order chi connectivity index (χ1) is 9.49. The molecule has 0 bridgehead atoms. The van der Waals surface area contributed by atoms with Crippen LogP contribution in [-0.4, -0.2) is 24.7 Å². The van der Waals surface area contributed by atoms with Crippen molar-refractivity contribution in [2.24, 2.45) is 5.73 Å². The molecule has 0 aromatic heterocycles. The summed E-state index contributed by atoms with van der Waals surface area (Å²) in [4.78, 5) is 0. The molecule has 0 aliphatic heterocycles. The van der Waals surface area contributed by atoms with E-state index in [-0.39, 0.29) is 5.75 Å². The van der Waals surface area contributed by atoms with Crippen LogP contribution in [0.15, 0.2) is 18.2 Å². The highest BCUT2D eigenvalue weighted by Gasteiger charge is 2.34. The summed E-state index contributed by atoms with van der Waals surface area (Å²) in [5, 5.41) is 0. The average molecular weight is 307 g/mol. The van der Waals surface area contributed by atoms with Crippen LogP contribution in [0.25, 0.3) is 0 Å². The van der Waals surface area contributed by atoms with Gasteiger partial charge in [-0.1, -0.05) is 13.0 Å². The zero-order valence-corrected chi connectivity index (χ0v) is 12.3. The van der Waals surface area contributed by atoms with Crippen LogP contribution in [0.1, 0.15) is 24.5 Å². The number of hydrogen-bond acceptors (Lipinski definition) is 3. The van der Waals surface area contributed by atoms with Crippen molar-refractivity contribution in [3.63, 3.8) is 0 Å². The van der Waals surface area contributed by atoms with Crippen molar-refractivity contribution in [3.05, 3.63) is 29.3 Å². The lowest BCUT2D eigenvalue weighted by Crippen LogP contribution is -2.11. The Balaban J connectivity index is 2.73. The van der Waals surface area contributed by atoms with E-state index in [1.807, 2.05) is 6.92 Å². The van der Waals surface area contributed by atoms with Crippen molar-refractivity contribution >= 4 is 11.8 Å². The number of thioether (sulfide) groups is 1. The average Bonchev–Trinajstić information content (AvgIpc) is 2.39. The number of hydrogen-bond donors (Lipinski definition) is 1. The summed E-state index contributed by atoms with van der Waals surface area (Å²) in [6.07, 6.45) is -3.24. The molecular formula is C14H20F3NOS. The Morgan fingerprint density at radius 2 is 2.05 bits per heavy atom. The summed E-state index contributed by atoms with van der Waals surface area (Å²) in [7, 11) is 0. The molecule has 1 aromatic carbocycles. The van der Waals surface area contributed by atoms with E-state index in [4.69, 9.17) is 10.5 Å². The first-order valence-electron chi connectivity index (χ1n) is 6.59. The molecule has 2 nitrogen and oxygen atoms in total. The van der Waals surface area contributed by atoms with E-state index in [0.29, 0.717) is 25.1 Å². The van der Waals surface area contributed by atoms with Crippen molar-refractivity contribution in [2.45, 2.75) is 25.9 Å². The van der Waals surface area contributed by atoms with Crippen LogP contribution in [0.2, 0.25) is 0 Å². The third kappa shape index (κ3) is 5.63. The molecule has 0 fully saturated rings. The molecule has 2 N–H and O–H groups in total. The standard InChI is InChI=1S/C14H20F3NOS/c1-2-20-9-3-8-19-13-5-4-11(6-7-18)10-12(13)14(15,16)17/h4-5,10H,2-3,6-9,18H2,1H3. The molecule has 0 amide bonds. The van der Waals surface area contributed by atoms with Crippen LogP contribution in [-0.2, 0) is 12.6 Å². The van der Waals surface area contributed by atoms with Crippen molar-refractivity contribution in [1.29, 1.82) is 0 Å². The molecule has 0 aliphatic rings. The maximum Gasteiger partial charge on any atom is 0.419 e. The van der Waals surface area contributed by atoms with Gasteiger partial charge in [0.1, 0.15) is 5.75 Å². The molecule has 1 aromatic rings. The fourth-order valence-corrected chi connectivity index (χ4v) is 2.34.